The van der Waals surface area contributed by atoms with E-state index in [2.05, 4.69) is 37.5 Å². The zero-order valence-electron chi connectivity index (χ0n) is 18.2. The third-order valence-electron chi connectivity index (χ3n) is 5.62. The maximum atomic E-state index is 12.9. The topological polar surface area (TPSA) is 120 Å². The van der Waals surface area contributed by atoms with Crippen LogP contribution in [0.25, 0.3) is 0 Å². The number of nitrogens with zero attached hydrogens (tertiary/aromatic N) is 6. The number of aryl methyl sites for hydroxylation is 1. The van der Waals surface area contributed by atoms with Crippen LogP contribution in [0.3, 0.4) is 0 Å². The summed E-state index contributed by atoms with van der Waals surface area (Å²) < 4.78 is 3.57. The van der Waals surface area contributed by atoms with Gasteiger partial charge in [0.25, 0.3) is 5.91 Å². The second-order valence-corrected chi connectivity index (χ2v) is 9.94. The van der Waals surface area contributed by atoms with Crippen LogP contribution in [0.2, 0.25) is 0 Å². The molecule has 0 aliphatic carbocycles. The van der Waals surface area contributed by atoms with E-state index in [1.807, 2.05) is 42.7 Å². The summed E-state index contributed by atoms with van der Waals surface area (Å²) in [6.07, 6.45) is 3.90. The SMILES string of the molecule is Cn1nnnc1SCC1=C(C(=O)[O-])N2C(=O)[C@@H](Nc3cc[n+](Cc4ccccc4)cc3)[C@H]2SC1. The van der Waals surface area contributed by atoms with Crippen LogP contribution in [-0.2, 0) is 23.2 Å². The van der Waals surface area contributed by atoms with Gasteiger partial charge < -0.3 is 15.2 Å². The lowest BCUT2D eigenvalue weighted by Gasteiger charge is -2.51. The number of anilines is 1. The molecule has 0 spiro atoms. The van der Waals surface area contributed by atoms with Gasteiger partial charge in [0.05, 0.1) is 11.7 Å². The third kappa shape index (κ3) is 4.38. The number of hydrogen-bond donors (Lipinski definition) is 1. The van der Waals surface area contributed by atoms with Crippen molar-refractivity contribution in [3.05, 3.63) is 71.7 Å². The lowest BCUT2D eigenvalue weighted by molar-refractivity contribution is -0.688. The molecule has 3 aromatic rings. The number of tetrazole rings is 1. The summed E-state index contributed by atoms with van der Waals surface area (Å²) in [5, 5.41) is 26.7. The number of nitrogens with one attached hydrogen (secondary N) is 1. The molecular formula is C22H21N7O3S2. The zero-order valence-corrected chi connectivity index (χ0v) is 19.8. The summed E-state index contributed by atoms with van der Waals surface area (Å²) in [4.78, 5) is 26.2. The van der Waals surface area contributed by atoms with E-state index in [-0.39, 0.29) is 17.0 Å². The fourth-order valence-electron chi connectivity index (χ4n) is 3.91. The van der Waals surface area contributed by atoms with Crippen LogP contribution >= 0.6 is 23.5 Å². The second-order valence-electron chi connectivity index (χ2n) is 7.89. The molecule has 0 bridgehead atoms. The molecule has 4 heterocycles. The van der Waals surface area contributed by atoms with E-state index in [1.54, 1.807) is 7.05 Å². The van der Waals surface area contributed by atoms with Gasteiger partial charge in [-0.3, -0.25) is 9.69 Å². The summed E-state index contributed by atoms with van der Waals surface area (Å²) in [5.41, 5.74) is 2.59. The monoisotopic (exact) mass is 495 g/mol. The van der Waals surface area contributed by atoms with Gasteiger partial charge in [0.1, 0.15) is 11.4 Å². The van der Waals surface area contributed by atoms with E-state index in [0.717, 1.165) is 12.2 Å². The number of fused-ring (bicyclic) bond motifs is 1. The molecule has 1 saturated heterocycles. The predicted molar refractivity (Wildman–Crippen MR) is 124 cm³/mol. The largest absolute Gasteiger partial charge is 0.543 e. The molecule has 1 amide bonds. The number of pyridine rings is 1. The molecular weight excluding hydrogens is 474 g/mol. The van der Waals surface area contributed by atoms with Gasteiger partial charge in [0, 0.05) is 41.9 Å². The Labute approximate surface area is 204 Å². The van der Waals surface area contributed by atoms with Gasteiger partial charge in [0.15, 0.2) is 18.9 Å². The molecule has 0 unspecified atom stereocenters. The van der Waals surface area contributed by atoms with E-state index in [1.165, 1.54) is 38.7 Å². The Balaban J connectivity index is 1.25. The summed E-state index contributed by atoms with van der Waals surface area (Å²) in [5.74, 6) is -0.773. The van der Waals surface area contributed by atoms with Crippen molar-refractivity contribution in [1.82, 2.24) is 25.1 Å². The third-order valence-corrected chi connectivity index (χ3v) is 8.06. The molecule has 1 aromatic carbocycles. The van der Waals surface area contributed by atoms with Gasteiger partial charge in [0.2, 0.25) is 5.16 Å². The Hall–Kier alpha value is -3.38. The fraction of sp³-hybridized carbons (Fsp3) is 0.273. The number of carboxylic acid groups (broad SMARTS) is 1. The maximum Gasteiger partial charge on any atom is 0.253 e. The van der Waals surface area contributed by atoms with Crippen LogP contribution in [0.1, 0.15) is 5.56 Å². The van der Waals surface area contributed by atoms with E-state index in [0.29, 0.717) is 22.2 Å². The first-order chi connectivity index (χ1) is 16.5. The highest BCUT2D eigenvalue weighted by atomic mass is 32.2. The van der Waals surface area contributed by atoms with Crippen LogP contribution in [0.5, 0.6) is 0 Å². The van der Waals surface area contributed by atoms with Gasteiger partial charge in [-0.05, 0) is 16.0 Å². The number of amides is 1. The van der Waals surface area contributed by atoms with Crippen molar-refractivity contribution in [2.75, 3.05) is 16.8 Å². The quantitative estimate of drug-likeness (QED) is 0.262. The van der Waals surface area contributed by atoms with E-state index in [4.69, 9.17) is 0 Å². The summed E-state index contributed by atoms with van der Waals surface area (Å²) >= 11 is 2.86. The fourth-order valence-corrected chi connectivity index (χ4v) is 6.25. The minimum atomic E-state index is -1.34. The lowest BCUT2D eigenvalue weighted by Crippen LogP contribution is -2.68. The number of carbonyl (C=O) groups excluding carboxylic acids is 2. The number of β-lactam (4-membered cyclic amide) rings is 1. The normalized spacial score (nSPS) is 19.6. The summed E-state index contributed by atoms with van der Waals surface area (Å²) in [6.45, 7) is 0.751. The van der Waals surface area contributed by atoms with E-state index >= 15 is 0 Å². The van der Waals surface area contributed by atoms with Crippen molar-refractivity contribution in [2.45, 2.75) is 23.1 Å². The average Bonchev–Trinajstić information content (AvgIpc) is 3.26. The predicted octanol–water partition coefficient (Wildman–Crippen LogP) is 0.0378. The van der Waals surface area contributed by atoms with Crippen molar-refractivity contribution in [2.24, 2.45) is 7.05 Å². The zero-order chi connectivity index (χ0) is 23.7. The standard InChI is InChI=1S/C22H21N7O3S2/c1-27-22(24-25-26-27)34-13-15-12-33-20-17(19(30)29(20)18(15)21(31)32)23-16-7-9-28(10-8-16)11-14-5-3-2-4-6-14/h2-10,17,20H,11-13H2,1H3,(H,31,32)/t17-,20-/m1/s1. The Morgan fingerprint density at radius 2 is 2.03 bits per heavy atom. The molecule has 2 atom stereocenters. The molecule has 2 aromatic heterocycles. The van der Waals surface area contributed by atoms with E-state index < -0.39 is 12.0 Å². The van der Waals surface area contributed by atoms with Gasteiger partial charge in [-0.25, -0.2) is 9.25 Å². The summed E-state index contributed by atoms with van der Waals surface area (Å²) in [6, 6.07) is 13.5. The number of hydrogen-bond acceptors (Lipinski definition) is 9. The van der Waals surface area contributed by atoms with Crippen molar-refractivity contribution in [3.63, 3.8) is 0 Å². The molecule has 34 heavy (non-hydrogen) atoms. The first kappa shape index (κ1) is 22.4. The first-order valence-corrected chi connectivity index (χ1v) is 12.6. The lowest BCUT2D eigenvalue weighted by atomic mass is 10.0. The Morgan fingerprint density at radius 3 is 2.71 bits per heavy atom. The second kappa shape index (κ2) is 9.47. The van der Waals surface area contributed by atoms with Gasteiger partial charge >= 0.3 is 0 Å². The van der Waals surface area contributed by atoms with Crippen LogP contribution in [0.4, 0.5) is 5.69 Å². The molecule has 0 saturated carbocycles. The molecule has 10 nitrogen and oxygen atoms in total. The highest BCUT2D eigenvalue weighted by molar-refractivity contribution is 8.01. The van der Waals surface area contributed by atoms with E-state index in [9.17, 15) is 14.7 Å². The number of benzene rings is 1. The number of aliphatic carboxylic acids is 1. The highest BCUT2D eigenvalue weighted by Crippen LogP contribution is 2.42. The number of carboxylic acids is 1. The number of carbonyl (C=O) groups is 2. The van der Waals surface area contributed by atoms with Gasteiger partial charge in [-0.2, -0.15) is 0 Å². The minimum Gasteiger partial charge on any atom is -0.543 e. The van der Waals surface area contributed by atoms with Crippen molar-refractivity contribution in [1.29, 1.82) is 0 Å². The van der Waals surface area contributed by atoms with Crippen molar-refractivity contribution < 1.29 is 19.3 Å². The van der Waals surface area contributed by atoms with Crippen LogP contribution in [0, 0.1) is 0 Å². The molecule has 2 aliphatic rings. The first-order valence-electron chi connectivity index (χ1n) is 10.5. The molecule has 0 radical (unpaired) electrons. The van der Waals surface area contributed by atoms with Crippen molar-refractivity contribution in [3.8, 4) is 0 Å². The summed E-state index contributed by atoms with van der Waals surface area (Å²) in [7, 11) is 1.71. The van der Waals surface area contributed by atoms with Crippen molar-refractivity contribution >= 4 is 41.1 Å². The molecule has 1 fully saturated rings. The average molecular weight is 496 g/mol. The smallest absolute Gasteiger partial charge is 0.253 e. The Bertz CT molecular complexity index is 1250. The van der Waals surface area contributed by atoms with Gasteiger partial charge in [-0.15, -0.1) is 16.9 Å². The number of aromatic nitrogens is 5. The Kier molecular flexibility index (Phi) is 6.24. The molecule has 12 heteroatoms. The van der Waals surface area contributed by atoms with Crippen LogP contribution < -0.4 is 15.0 Å². The molecule has 2 aliphatic heterocycles. The van der Waals surface area contributed by atoms with Crippen LogP contribution in [0.15, 0.2) is 71.3 Å². The minimum absolute atomic E-state index is 0.0387. The maximum absolute atomic E-state index is 12.9. The molecule has 1 N–H and O–H groups in total. The molecule has 174 valence electrons. The number of thioether (sulfide) groups is 2. The van der Waals surface area contributed by atoms with Crippen LogP contribution in [-0.4, -0.2) is 59.9 Å². The number of rotatable bonds is 8. The Morgan fingerprint density at radius 1 is 1.26 bits per heavy atom. The molecule has 5 rings (SSSR count). The highest BCUT2D eigenvalue weighted by Gasteiger charge is 2.52. The van der Waals surface area contributed by atoms with Gasteiger partial charge in [-0.1, -0.05) is 42.1 Å².